The lowest BCUT2D eigenvalue weighted by Gasteiger charge is -2.27. The normalized spacial score (nSPS) is 21.1. The molecule has 3 heteroatoms. The highest BCUT2D eigenvalue weighted by Gasteiger charge is 2.52. The number of benzene rings is 1. The van der Waals surface area contributed by atoms with Crippen LogP contribution in [0.3, 0.4) is 0 Å². The predicted molar refractivity (Wildman–Crippen MR) is 82.1 cm³/mol. The number of rotatable bonds is 5. The van der Waals surface area contributed by atoms with Crippen LogP contribution in [0.25, 0.3) is 0 Å². The first-order chi connectivity index (χ1) is 10.0. The summed E-state index contributed by atoms with van der Waals surface area (Å²) in [5, 5.41) is 0. The Kier molecular flexibility index (Phi) is 4.41. The zero-order valence-electron chi connectivity index (χ0n) is 12.4. The van der Waals surface area contributed by atoms with Crippen molar-refractivity contribution < 1.29 is 14.3 Å². The molecule has 0 aromatic heterocycles. The Morgan fingerprint density at radius 1 is 1.38 bits per heavy atom. The van der Waals surface area contributed by atoms with E-state index in [2.05, 4.69) is 13.2 Å². The van der Waals surface area contributed by atoms with Crippen molar-refractivity contribution in [3.05, 3.63) is 60.2 Å². The number of ether oxygens (including phenoxy) is 1. The third kappa shape index (κ3) is 2.56. The van der Waals surface area contributed by atoms with Crippen molar-refractivity contribution >= 4 is 11.8 Å². The first-order valence-corrected chi connectivity index (χ1v) is 7.11. The summed E-state index contributed by atoms with van der Waals surface area (Å²) in [4.78, 5) is 25.5. The number of hydrogen-bond acceptors (Lipinski definition) is 3. The van der Waals surface area contributed by atoms with Crippen LogP contribution in [0.1, 0.15) is 35.2 Å². The summed E-state index contributed by atoms with van der Waals surface area (Å²) in [6, 6.07) is 7.30. The molecule has 1 atom stereocenters. The van der Waals surface area contributed by atoms with E-state index in [-0.39, 0.29) is 12.4 Å². The highest BCUT2D eigenvalue weighted by Crippen LogP contribution is 2.45. The lowest BCUT2D eigenvalue weighted by molar-refractivity contribution is -0.149. The van der Waals surface area contributed by atoms with Gasteiger partial charge >= 0.3 is 5.97 Å². The number of hydrogen-bond donors (Lipinski definition) is 0. The molecule has 0 heterocycles. The molecule has 1 saturated carbocycles. The topological polar surface area (TPSA) is 43.4 Å². The number of esters is 1. The molecule has 2 rings (SSSR count). The molecule has 1 aromatic rings. The Bertz CT molecular complexity index is 600. The van der Waals surface area contributed by atoms with E-state index < -0.39 is 11.4 Å². The maximum absolute atomic E-state index is 13.0. The Hall–Kier alpha value is -2.16. The summed E-state index contributed by atoms with van der Waals surface area (Å²) < 4.78 is 5.19. The first kappa shape index (κ1) is 15.2. The quantitative estimate of drug-likeness (QED) is 0.359. The highest BCUT2D eigenvalue weighted by atomic mass is 16.5. The monoisotopic (exact) mass is 284 g/mol. The number of carbonyl (C=O) groups excluding carboxylic acids is 2. The van der Waals surface area contributed by atoms with E-state index >= 15 is 0 Å². The Labute approximate surface area is 125 Å². The van der Waals surface area contributed by atoms with Crippen LogP contribution in [0.5, 0.6) is 0 Å². The van der Waals surface area contributed by atoms with E-state index in [9.17, 15) is 9.59 Å². The van der Waals surface area contributed by atoms with E-state index in [1.807, 2.05) is 19.1 Å². The Morgan fingerprint density at radius 3 is 2.67 bits per heavy atom. The minimum absolute atomic E-state index is 0.106. The van der Waals surface area contributed by atoms with Gasteiger partial charge in [0.15, 0.2) is 11.2 Å². The number of Topliss-reactive ketones (excluding diaryl/α,β-unsaturated/α-hetero) is 1. The van der Waals surface area contributed by atoms with E-state index in [1.54, 1.807) is 12.1 Å². The molecule has 3 nitrogen and oxygen atoms in total. The van der Waals surface area contributed by atoms with Crippen molar-refractivity contribution in [2.75, 3.05) is 6.61 Å². The molecular weight excluding hydrogens is 264 g/mol. The van der Waals surface area contributed by atoms with Gasteiger partial charge in [0, 0.05) is 5.56 Å². The second-order valence-electron chi connectivity index (χ2n) is 5.39. The van der Waals surface area contributed by atoms with Crippen molar-refractivity contribution in [1.29, 1.82) is 0 Å². The molecule has 0 N–H and O–H groups in total. The molecule has 1 aliphatic carbocycles. The van der Waals surface area contributed by atoms with Crippen LogP contribution in [-0.4, -0.2) is 18.4 Å². The number of ketones is 1. The lowest BCUT2D eigenvalue weighted by Crippen LogP contribution is -2.40. The van der Waals surface area contributed by atoms with Gasteiger partial charge in [-0.1, -0.05) is 49.1 Å². The average molecular weight is 284 g/mol. The van der Waals surface area contributed by atoms with Gasteiger partial charge in [0.25, 0.3) is 0 Å². The van der Waals surface area contributed by atoms with E-state index in [0.717, 1.165) is 12.0 Å². The molecule has 21 heavy (non-hydrogen) atoms. The van der Waals surface area contributed by atoms with Crippen LogP contribution >= 0.6 is 0 Å². The van der Waals surface area contributed by atoms with Crippen LogP contribution in [-0.2, 0) is 9.53 Å². The summed E-state index contributed by atoms with van der Waals surface area (Å²) in [6.07, 6.45) is 3.43. The zero-order chi connectivity index (χ0) is 15.5. The minimum Gasteiger partial charge on any atom is -0.460 e. The lowest BCUT2D eigenvalue weighted by atomic mass is 9.75. The Balaban J connectivity index is 2.44. The van der Waals surface area contributed by atoms with Crippen molar-refractivity contribution in [1.82, 2.24) is 0 Å². The maximum atomic E-state index is 13.0. The fourth-order valence-corrected chi connectivity index (χ4v) is 2.89. The molecule has 1 aromatic carbocycles. The van der Waals surface area contributed by atoms with Crippen LogP contribution in [0.15, 0.2) is 49.1 Å². The van der Waals surface area contributed by atoms with Crippen LogP contribution in [0.4, 0.5) is 0 Å². The number of carbonyl (C=O) groups is 2. The van der Waals surface area contributed by atoms with E-state index in [1.165, 1.54) is 6.08 Å². The molecule has 1 fully saturated rings. The molecule has 110 valence electrons. The summed E-state index contributed by atoms with van der Waals surface area (Å²) in [5.74, 6) is -0.699. The molecule has 0 amide bonds. The molecule has 0 spiro atoms. The van der Waals surface area contributed by atoms with Gasteiger partial charge in [-0.3, -0.25) is 9.59 Å². The van der Waals surface area contributed by atoms with Gasteiger partial charge in [0.1, 0.15) is 6.61 Å². The number of aryl methyl sites for hydroxylation is 1. The average Bonchev–Trinajstić information content (AvgIpc) is 2.87. The summed E-state index contributed by atoms with van der Waals surface area (Å²) in [5.41, 5.74) is 0.855. The SMILES string of the molecule is C=CCOC(=O)[C@]1(C(=O)c2ccccc2C)CCCC1=C. The fraction of sp³-hybridized carbons (Fsp3) is 0.333. The van der Waals surface area contributed by atoms with Crippen molar-refractivity contribution in [3.8, 4) is 0 Å². The third-order valence-electron chi connectivity index (χ3n) is 4.09. The largest absolute Gasteiger partial charge is 0.460 e. The standard InChI is InChI=1S/C18H20O3/c1-4-12-21-17(20)18(11-7-9-14(18)3)16(19)15-10-6-5-8-13(15)2/h4-6,8,10H,1,3,7,9,11-12H2,2H3/t18-/m1/s1. The van der Waals surface area contributed by atoms with Crippen LogP contribution < -0.4 is 0 Å². The van der Waals surface area contributed by atoms with Crippen LogP contribution in [0.2, 0.25) is 0 Å². The first-order valence-electron chi connectivity index (χ1n) is 7.11. The second-order valence-corrected chi connectivity index (χ2v) is 5.39. The summed E-state index contributed by atoms with van der Waals surface area (Å²) in [6.45, 7) is 9.47. The van der Waals surface area contributed by atoms with Gasteiger partial charge < -0.3 is 4.74 Å². The van der Waals surface area contributed by atoms with Gasteiger partial charge in [-0.25, -0.2) is 0 Å². The summed E-state index contributed by atoms with van der Waals surface area (Å²) >= 11 is 0. The van der Waals surface area contributed by atoms with Gasteiger partial charge in [0.05, 0.1) is 0 Å². The molecule has 0 aliphatic heterocycles. The van der Waals surface area contributed by atoms with Gasteiger partial charge in [-0.15, -0.1) is 0 Å². The second kappa shape index (κ2) is 6.08. The van der Waals surface area contributed by atoms with Gasteiger partial charge in [-0.05, 0) is 31.7 Å². The van der Waals surface area contributed by atoms with Gasteiger partial charge in [-0.2, -0.15) is 0 Å². The molecule has 0 saturated heterocycles. The molecule has 0 radical (unpaired) electrons. The van der Waals surface area contributed by atoms with Crippen molar-refractivity contribution in [3.63, 3.8) is 0 Å². The van der Waals surface area contributed by atoms with Gasteiger partial charge in [0.2, 0.25) is 0 Å². The van der Waals surface area contributed by atoms with Crippen molar-refractivity contribution in [2.45, 2.75) is 26.2 Å². The highest BCUT2D eigenvalue weighted by molar-refractivity contribution is 6.15. The fourth-order valence-electron chi connectivity index (χ4n) is 2.89. The third-order valence-corrected chi connectivity index (χ3v) is 4.09. The maximum Gasteiger partial charge on any atom is 0.324 e. The van der Waals surface area contributed by atoms with E-state index in [4.69, 9.17) is 4.74 Å². The van der Waals surface area contributed by atoms with E-state index in [0.29, 0.717) is 24.0 Å². The Morgan fingerprint density at radius 2 is 2.10 bits per heavy atom. The van der Waals surface area contributed by atoms with Crippen LogP contribution in [0, 0.1) is 12.3 Å². The molecular formula is C18H20O3. The molecule has 0 bridgehead atoms. The summed E-state index contributed by atoms with van der Waals surface area (Å²) in [7, 11) is 0. The molecule has 1 aliphatic rings. The minimum atomic E-state index is -1.23. The van der Waals surface area contributed by atoms with Crippen molar-refractivity contribution in [2.24, 2.45) is 5.41 Å². The molecule has 0 unspecified atom stereocenters. The predicted octanol–water partition coefficient (Wildman–Crippen LogP) is 3.63. The zero-order valence-corrected chi connectivity index (χ0v) is 12.4. The smallest absolute Gasteiger partial charge is 0.324 e.